The highest BCUT2D eigenvalue weighted by Gasteiger charge is 2.16. The first-order chi connectivity index (χ1) is 9.61. The molecule has 1 amide bonds. The van der Waals surface area contributed by atoms with Crippen LogP contribution in [-0.2, 0) is 0 Å². The Morgan fingerprint density at radius 1 is 1.15 bits per heavy atom. The number of nitriles is 1. The van der Waals surface area contributed by atoms with Crippen molar-refractivity contribution in [3.63, 3.8) is 0 Å². The Bertz CT molecular complexity index is 671. The number of aryl methyl sites for hydroxylation is 2. The van der Waals surface area contributed by atoms with Gasteiger partial charge in [0.25, 0.3) is 5.91 Å². The summed E-state index contributed by atoms with van der Waals surface area (Å²) in [7, 11) is 0. The first-order valence-corrected chi connectivity index (χ1v) is 6.44. The van der Waals surface area contributed by atoms with Crippen LogP contribution in [0.1, 0.15) is 33.1 Å². The molecule has 1 atom stereocenters. The van der Waals surface area contributed by atoms with Crippen molar-refractivity contribution in [3.8, 4) is 6.07 Å². The van der Waals surface area contributed by atoms with Gasteiger partial charge in [-0.15, -0.1) is 0 Å². The Hall–Kier alpha value is -2.60. The number of nitrogens with zero attached hydrogens (tertiary/aromatic N) is 1. The van der Waals surface area contributed by atoms with E-state index in [1.54, 1.807) is 6.07 Å². The van der Waals surface area contributed by atoms with Gasteiger partial charge in [-0.2, -0.15) is 5.26 Å². The minimum Gasteiger partial charge on any atom is -0.332 e. The highest BCUT2D eigenvalue weighted by molar-refractivity contribution is 5.94. The number of rotatable bonds is 3. The van der Waals surface area contributed by atoms with E-state index in [0.29, 0.717) is 5.56 Å². The molecule has 2 aromatic rings. The zero-order valence-corrected chi connectivity index (χ0v) is 11.6. The molecule has 0 aliphatic heterocycles. The fourth-order valence-electron chi connectivity index (χ4n) is 2.09. The summed E-state index contributed by atoms with van der Waals surface area (Å²) < 4.78 is 0. The van der Waals surface area contributed by atoms with Crippen LogP contribution >= 0.6 is 0 Å². The van der Waals surface area contributed by atoms with Crippen molar-refractivity contribution in [2.24, 2.45) is 0 Å². The molecule has 0 radical (unpaired) electrons. The molecule has 0 saturated carbocycles. The lowest BCUT2D eigenvalue weighted by atomic mass is 10.0. The molecular weight excluding hydrogens is 248 g/mol. The van der Waals surface area contributed by atoms with Crippen LogP contribution in [0.2, 0.25) is 0 Å². The summed E-state index contributed by atoms with van der Waals surface area (Å²) in [6.45, 7) is 3.86. The van der Waals surface area contributed by atoms with Gasteiger partial charge in [-0.05, 0) is 37.1 Å². The maximum atomic E-state index is 12.2. The molecule has 0 saturated heterocycles. The summed E-state index contributed by atoms with van der Waals surface area (Å²) in [5.41, 5.74) is 3.40. The Morgan fingerprint density at radius 3 is 2.55 bits per heavy atom. The van der Waals surface area contributed by atoms with Crippen molar-refractivity contribution >= 4 is 5.91 Å². The first-order valence-electron chi connectivity index (χ1n) is 6.44. The zero-order valence-electron chi connectivity index (χ0n) is 11.6. The van der Waals surface area contributed by atoms with Crippen molar-refractivity contribution in [1.29, 1.82) is 5.26 Å². The highest BCUT2D eigenvalue weighted by Crippen LogP contribution is 2.17. The smallest absolute Gasteiger partial charge is 0.252 e. The molecular formula is C17H16N2O. The van der Waals surface area contributed by atoms with Crippen molar-refractivity contribution in [1.82, 2.24) is 5.32 Å². The van der Waals surface area contributed by atoms with Gasteiger partial charge < -0.3 is 5.32 Å². The molecule has 0 heterocycles. The van der Waals surface area contributed by atoms with Gasteiger partial charge in [-0.25, -0.2) is 0 Å². The van der Waals surface area contributed by atoms with Crippen LogP contribution in [0.15, 0.2) is 48.5 Å². The third-order valence-corrected chi connectivity index (χ3v) is 3.18. The maximum absolute atomic E-state index is 12.2. The molecule has 0 aliphatic carbocycles. The second-order valence-corrected chi connectivity index (χ2v) is 4.76. The van der Waals surface area contributed by atoms with Gasteiger partial charge in [-0.3, -0.25) is 4.79 Å². The van der Waals surface area contributed by atoms with E-state index < -0.39 is 6.04 Å². The number of carbonyl (C=O) groups excluding carboxylic acids is 1. The second-order valence-electron chi connectivity index (χ2n) is 4.76. The third-order valence-electron chi connectivity index (χ3n) is 3.18. The van der Waals surface area contributed by atoms with E-state index in [2.05, 4.69) is 11.4 Å². The molecule has 20 heavy (non-hydrogen) atoms. The summed E-state index contributed by atoms with van der Waals surface area (Å²) in [5, 5.41) is 12.1. The summed E-state index contributed by atoms with van der Waals surface area (Å²) >= 11 is 0. The lowest BCUT2D eigenvalue weighted by Gasteiger charge is -2.14. The standard InChI is InChI=1S/C17H16N2O/c1-12-6-5-8-14(10-12)17(20)19-16(11-18)15-9-4-3-7-13(15)2/h3-10,16H,1-2H3,(H,19,20). The number of carbonyl (C=O) groups is 1. The van der Waals surface area contributed by atoms with Crippen LogP contribution < -0.4 is 5.32 Å². The van der Waals surface area contributed by atoms with Gasteiger partial charge in [-0.1, -0.05) is 42.0 Å². The SMILES string of the molecule is Cc1cccc(C(=O)NC(C#N)c2ccccc2C)c1. The molecule has 0 bridgehead atoms. The van der Waals surface area contributed by atoms with Gasteiger partial charge in [0.2, 0.25) is 0 Å². The van der Waals surface area contributed by atoms with Gasteiger partial charge in [0, 0.05) is 5.56 Å². The third kappa shape index (κ3) is 3.04. The Balaban J connectivity index is 2.22. The summed E-state index contributed by atoms with van der Waals surface area (Å²) in [6, 6.07) is 16.4. The van der Waals surface area contributed by atoms with Gasteiger partial charge in [0.1, 0.15) is 6.04 Å². The van der Waals surface area contributed by atoms with E-state index in [4.69, 9.17) is 0 Å². The van der Waals surface area contributed by atoms with Crippen LogP contribution in [0, 0.1) is 25.2 Å². The molecule has 0 fully saturated rings. The fourth-order valence-corrected chi connectivity index (χ4v) is 2.09. The van der Waals surface area contributed by atoms with Crippen molar-refractivity contribution in [3.05, 3.63) is 70.8 Å². The Labute approximate surface area is 118 Å². The molecule has 0 aromatic heterocycles. The maximum Gasteiger partial charge on any atom is 0.252 e. The lowest BCUT2D eigenvalue weighted by molar-refractivity contribution is 0.0945. The first kappa shape index (κ1) is 13.8. The summed E-state index contributed by atoms with van der Waals surface area (Å²) in [4.78, 5) is 12.2. The summed E-state index contributed by atoms with van der Waals surface area (Å²) in [5.74, 6) is -0.233. The van der Waals surface area contributed by atoms with Crippen LogP contribution in [0.25, 0.3) is 0 Å². The van der Waals surface area contributed by atoms with Crippen molar-refractivity contribution in [2.45, 2.75) is 19.9 Å². The van der Waals surface area contributed by atoms with E-state index in [0.717, 1.165) is 16.7 Å². The molecule has 0 aliphatic rings. The van der Waals surface area contributed by atoms with Gasteiger partial charge in [0.05, 0.1) is 6.07 Å². The molecule has 0 spiro atoms. The van der Waals surface area contributed by atoms with E-state index in [9.17, 15) is 10.1 Å². The zero-order chi connectivity index (χ0) is 14.5. The van der Waals surface area contributed by atoms with Crippen LogP contribution in [0.3, 0.4) is 0 Å². The number of nitrogens with one attached hydrogen (secondary N) is 1. The second kappa shape index (κ2) is 6.03. The summed E-state index contributed by atoms with van der Waals surface area (Å²) in [6.07, 6.45) is 0. The minimum absolute atomic E-state index is 0.233. The molecule has 3 heteroatoms. The molecule has 1 unspecified atom stereocenters. The molecule has 1 N–H and O–H groups in total. The van der Waals surface area contributed by atoms with Crippen LogP contribution in [0.4, 0.5) is 0 Å². The number of amides is 1. The predicted molar refractivity (Wildman–Crippen MR) is 78.2 cm³/mol. The number of hydrogen-bond donors (Lipinski definition) is 1. The fraction of sp³-hybridized carbons (Fsp3) is 0.176. The van der Waals surface area contributed by atoms with Gasteiger partial charge in [0.15, 0.2) is 0 Å². The van der Waals surface area contributed by atoms with E-state index in [-0.39, 0.29) is 5.91 Å². The Morgan fingerprint density at radius 2 is 1.90 bits per heavy atom. The molecule has 2 rings (SSSR count). The quantitative estimate of drug-likeness (QED) is 0.924. The van der Waals surface area contributed by atoms with E-state index in [1.807, 2.05) is 56.3 Å². The number of benzene rings is 2. The normalized spacial score (nSPS) is 11.4. The molecule has 3 nitrogen and oxygen atoms in total. The Kier molecular flexibility index (Phi) is 4.17. The number of hydrogen-bond acceptors (Lipinski definition) is 2. The average Bonchev–Trinajstić information content (AvgIpc) is 2.45. The monoisotopic (exact) mass is 264 g/mol. The van der Waals surface area contributed by atoms with E-state index in [1.165, 1.54) is 0 Å². The highest BCUT2D eigenvalue weighted by atomic mass is 16.1. The lowest BCUT2D eigenvalue weighted by Crippen LogP contribution is -2.28. The minimum atomic E-state index is -0.635. The predicted octanol–water partition coefficient (Wildman–Crippen LogP) is 3.30. The largest absolute Gasteiger partial charge is 0.332 e. The topological polar surface area (TPSA) is 52.9 Å². The molecule has 2 aromatic carbocycles. The van der Waals surface area contributed by atoms with Gasteiger partial charge >= 0.3 is 0 Å². The van der Waals surface area contributed by atoms with Crippen molar-refractivity contribution in [2.75, 3.05) is 0 Å². The van der Waals surface area contributed by atoms with Crippen LogP contribution in [0.5, 0.6) is 0 Å². The van der Waals surface area contributed by atoms with Crippen LogP contribution in [-0.4, -0.2) is 5.91 Å². The van der Waals surface area contributed by atoms with Crippen molar-refractivity contribution < 1.29 is 4.79 Å². The van der Waals surface area contributed by atoms with E-state index >= 15 is 0 Å². The molecule has 100 valence electrons. The average molecular weight is 264 g/mol.